The number of anilines is 2. The molecule has 0 unspecified atom stereocenters. The fourth-order valence-corrected chi connectivity index (χ4v) is 4.26. The quantitative estimate of drug-likeness (QED) is 0.659. The highest BCUT2D eigenvalue weighted by Crippen LogP contribution is 2.39. The van der Waals surface area contributed by atoms with Gasteiger partial charge < -0.3 is 10.1 Å². The zero-order valence-electron chi connectivity index (χ0n) is 15.6. The number of benzene rings is 2. The van der Waals surface area contributed by atoms with E-state index in [0.29, 0.717) is 35.0 Å². The first kappa shape index (κ1) is 19.1. The molecule has 1 atom stereocenters. The molecular weight excluding hydrogens is 393 g/mol. The van der Waals surface area contributed by atoms with Gasteiger partial charge in [0.05, 0.1) is 24.4 Å². The summed E-state index contributed by atoms with van der Waals surface area (Å²) in [7, 11) is 1.56. The van der Waals surface area contributed by atoms with Crippen LogP contribution in [0.2, 0.25) is 0 Å². The van der Waals surface area contributed by atoms with Crippen molar-refractivity contribution >= 4 is 34.0 Å². The number of amides is 2. The molecule has 6 nitrogen and oxygen atoms in total. The number of nitrogens with zero attached hydrogens (tertiary/aromatic N) is 1. The number of carbonyl (C=O) groups excluding carboxylic acids is 2. The summed E-state index contributed by atoms with van der Waals surface area (Å²) in [5.41, 5.74) is 1.28. The third-order valence-electron chi connectivity index (χ3n) is 4.74. The zero-order chi connectivity index (χ0) is 20.4. The highest BCUT2D eigenvalue weighted by Gasteiger charge is 2.33. The van der Waals surface area contributed by atoms with Gasteiger partial charge in [-0.1, -0.05) is 12.1 Å². The van der Waals surface area contributed by atoms with Gasteiger partial charge in [0.15, 0.2) is 5.13 Å². The van der Waals surface area contributed by atoms with E-state index in [0.717, 1.165) is 4.88 Å². The number of hydrogen-bond acceptors (Lipinski definition) is 5. The minimum absolute atomic E-state index is 0.147. The van der Waals surface area contributed by atoms with Crippen molar-refractivity contribution in [1.82, 2.24) is 4.98 Å². The third kappa shape index (κ3) is 3.97. The van der Waals surface area contributed by atoms with Gasteiger partial charge in [-0.3, -0.25) is 14.9 Å². The van der Waals surface area contributed by atoms with Crippen LogP contribution < -0.4 is 15.4 Å². The molecule has 1 aliphatic rings. The van der Waals surface area contributed by atoms with Crippen LogP contribution in [0.3, 0.4) is 0 Å². The molecule has 1 aliphatic carbocycles. The van der Waals surface area contributed by atoms with Crippen LogP contribution in [0.5, 0.6) is 5.75 Å². The molecule has 0 bridgehead atoms. The van der Waals surface area contributed by atoms with Gasteiger partial charge in [0.2, 0.25) is 5.91 Å². The molecule has 8 heteroatoms. The Hall–Kier alpha value is -3.26. The molecule has 2 amide bonds. The van der Waals surface area contributed by atoms with E-state index in [1.165, 1.54) is 23.5 Å². The van der Waals surface area contributed by atoms with Gasteiger partial charge in [-0.2, -0.15) is 0 Å². The van der Waals surface area contributed by atoms with Crippen molar-refractivity contribution in [2.75, 3.05) is 17.7 Å². The molecule has 148 valence electrons. The number of aryl methyl sites for hydroxylation is 1. The van der Waals surface area contributed by atoms with E-state index in [4.69, 9.17) is 4.74 Å². The Bertz CT molecular complexity index is 1070. The Morgan fingerprint density at radius 1 is 1.14 bits per heavy atom. The molecule has 29 heavy (non-hydrogen) atoms. The topological polar surface area (TPSA) is 80.3 Å². The predicted molar refractivity (Wildman–Crippen MR) is 109 cm³/mol. The van der Waals surface area contributed by atoms with Gasteiger partial charge >= 0.3 is 0 Å². The molecule has 4 rings (SSSR count). The lowest BCUT2D eigenvalue weighted by molar-refractivity contribution is -0.117. The van der Waals surface area contributed by atoms with Gasteiger partial charge in [0, 0.05) is 10.4 Å². The predicted octanol–water partition coefficient (Wildman–Crippen LogP) is 4.21. The van der Waals surface area contributed by atoms with Crippen molar-refractivity contribution in [1.29, 1.82) is 0 Å². The smallest absolute Gasteiger partial charge is 0.257 e. The number of rotatable bonds is 5. The van der Waals surface area contributed by atoms with Crippen molar-refractivity contribution in [3.63, 3.8) is 0 Å². The van der Waals surface area contributed by atoms with Gasteiger partial charge in [0.1, 0.15) is 11.6 Å². The first-order valence-corrected chi connectivity index (χ1v) is 9.87. The lowest BCUT2D eigenvalue weighted by Crippen LogP contribution is -2.20. The van der Waals surface area contributed by atoms with E-state index in [1.807, 2.05) is 0 Å². The Morgan fingerprint density at radius 3 is 2.62 bits per heavy atom. The van der Waals surface area contributed by atoms with Crippen LogP contribution in [-0.2, 0) is 11.2 Å². The van der Waals surface area contributed by atoms with Crippen molar-refractivity contribution in [2.45, 2.75) is 18.8 Å². The Labute approximate surface area is 170 Å². The molecule has 2 aromatic carbocycles. The molecule has 0 radical (unpaired) electrons. The number of aromatic nitrogens is 1. The summed E-state index contributed by atoms with van der Waals surface area (Å²) in [4.78, 5) is 30.5. The Morgan fingerprint density at radius 2 is 1.90 bits per heavy atom. The Kier molecular flexibility index (Phi) is 5.26. The van der Waals surface area contributed by atoms with Crippen molar-refractivity contribution in [3.8, 4) is 5.75 Å². The van der Waals surface area contributed by atoms with Crippen LogP contribution in [0.1, 0.15) is 33.3 Å². The largest absolute Gasteiger partial charge is 0.497 e. The number of carbonyl (C=O) groups is 2. The molecule has 0 saturated heterocycles. The van der Waals surface area contributed by atoms with E-state index < -0.39 is 11.7 Å². The average Bonchev–Trinajstić information content (AvgIpc) is 3.29. The minimum atomic E-state index is -0.482. The lowest BCUT2D eigenvalue weighted by atomic mass is 10.1. The average molecular weight is 411 g/mol. The maximum atomic E-state index is 13.8. The molecule has 1 heterocycles. The molecular formula is C21H18FN3O3S. The summed E-state index contributed by atoms with van der Waals surface area (Å²) in [6.07, 6.45) is 1.31. The van der Waals surface area contributed by atoms with Gasteiger partial charge in [-0.15, -0.1) is 11.3 Å². The highest BCUT2D eigenvalue weighted by molar-refractivity contribution is 7.16. The number of para-hydroxylation sites is 1. The summed E-state index contributed by atoms with van der Waals surface area (Å²) in [6, 6.07) is 12.8. The third-order valence-corrected chi connectivity index (χ3v) is 5.78. The van der Waals surface area contributed by atoms with Crippen molar-refractivity contribution < 1.29 is 18.7 Å². The van der Waals surface area contributed by atoms with E-state index in [-0.39, 0.29) is 17.5 Å². The Balaban J connectivity index is 1.46. The second kappa shape index (κ2) is 8.00. The fourth-order valence-electron chi connectivity index (χ4n) is 3.23. The summed E-state index contributed by atoms with van der Waals surface area (Å²) < 4.78 is 18.9. The maximum absolute atomic E-state index is 13.8. The summed E-state index contributed by atoms with van der Waals surface area (Å²) >= 11 is 1.36. The van der Waals surface area contributed by atoms with Crippen LogP contribution in [-0.4, -0.2) is 23.9 Å². The summed E-state index contributed by atoms with van der Waals surface area (Å²) in [5, 5.41) is 5.85. The molecule has 0 fully saturated rings. The van der Waals surface area contributed by atoms with Gasteiger partial charge in [0.25, 0.3) is 5.91 Å². The van der Waals surface area contributed by atoms with Crippen molar-refractivity contribution in [3.05, 3.63) is 70.5 Å². The second-order valence-corrected chi connectivity index (χ2v) is 7.65. The number of nitrogens with one attached hydrogen (secondary N) is 2. The first-order chi connectivity index (χ1) is 14.0. The minimum Gasteiger partial charge on any atom is -0.497 e. The number of fused-ring (bicyclic) bond motifs is 1. The monoisotopic (exact) mass is 411 g/mol. The van der Waals surface area contributed by atoms with Gasteiger partial charge in [-0.25, -0.2) is 9.37 Å². The number of thiazole rings is 1. The SMILES string of the molecule is COc1ccc(C(=O)Nc2nc3c(s2)CC[C@@H]3C(=O)Nc2ccccc2F)cc1. The van der Waals surface area contributed by atoms with Gasteiger partial charge in [-0.05, 0) is 49.2 Å². The molecule has 0 saturated carbocycles. The number of ether oxygens (including phenoxy) is 1. The fraction of sp³-hybridized carbons (Fsp3) is 0.190. The lowest BCUT2D eigenvalue weighted by Gasteiger charge is -2.11. The first-order valence-electron chi connectivity index (χ1n) is 9.05. The number of hydrogen-bond donors (Lipinski definition) is 2. The second-order valence-electron chi connectivity index (χ2n) is 6.57. The molecule has 3 aromatic rings. The molecule has 0 spiro atoms. The van der Waals surface area contributed by atoms with Crippen LogP contribution in [0.4, 0.5) is 15.2 Å². The molecule has 2 N–H and O–H groups in total. The van der Waals surface area contributed by atoms with Crippen LogP contribution in [0, 0.1) is 5.82 Å². The normalized spacial score (nSPS) is 14.9. The van der Waals surface area contributed by atoms with Crippen LogP contribution in [0.15, 0.2) is 48.5 Å². The van der Waals surface area contributed by atoms with E-state index in [2.05, 4.69) is 15.6 Å². The van der Waals surface area contributed by atoms with Crippen LogP contribution >= 0.6 is 11.3 Å². The van der Waals surface area contributed by atoms with Crippen molar-refractivity contribution in [2.24, 2.45) is 0 Å². The van der Waals surface area contributed by atoms with Crippen LogP contribution in [0.25, 0.3) is 0 Å². The van der Waals surface area contributed by atoms with E-state index >= 15 is 0 Å². The summed E-state index contributed by atoms with van der Waals surface area (Å²) in [6.45, 7) is 0. The molecule has 1 aromatic heterocycles. The molecule has 0 aliphatic heterocycles. The zero-order valence-corrected chi connectivity index (χ0v) is 16.4. The highest BCUT2D eigenvalue weighted by atomic mass is 32.1. The van der Waals surface area contributed by atoms with E-state index in [1.54, 1.807) is 43.5 Å². The summed E-state index contributed by atoms with van der Waals surface area (Å²) in [5.74, 6) is -0.865. The van der Waals surface area contributed by atoms with E-state index in [9.17, 15) is 14.0 Å². The number of halogens is 1. The maximum Gasteiger partial charge on any atom is 0.257 e. The standard InChI is InChI=1S/C21H18FN3O3S/c1-28-13-8-6-12(7-9-13)19(26)25-21-24-18-14(10-11-17(18)29-21)20(27)23-16-5-3-2-4-15(16)22/h2-9,14H,10-11H2,1H3,(H,23,27)(H,24,25,26)/t14-/m0/s1. The number of methoxy groups -OCH3 is 1.